The van der Waals surface area contributed by atoms with Crippen molar-refractivity contribution < 1.29 is 33.4 Å². The Labute approximate surface area is 189 Å². The molecular weight excluding hydrogens is 412 g/mol. The van der Waals surface area contributed by atoms with Crippen LogP contribution < -0.4 is 0 Å². The summed E-state index contributed by atoms with van der Waals surface area (Å²) in [6.45, 7) is 10.6. The van der Waals surface area contributed by atoms with E-state index in [1.165, 1.54) is 7.11 Å². The summed E-state index contributed by atoms with van der Waals surface area (Å²) in [5.41, 5.74) is -1.97. The zero-order valence-corrected chi connectivity index (χ0v) is 20.0. The molecule has 2 saturated heterocycles. The van der Waals surface area contributed by atoms with Crippen LogP contribution in [0.3, 0.4) is 0 Å². The predicted molar refractivity (Wildman–Crippen MR) is 114 cm³/mol. The minimum Gasteiger partial charge on any atom is -0.469 e. The van der Waals surface area contributed by atoms with Crippen LogP contribution in [0.2, 0.25) is 0 Å². The normalized spacial score (nSPS) is 45.0. The van der Waals surface area contributed by atoms with Crippen LogP contribution in [0.1, 0.15) is 60.3 Å². The van der Waals surface area contributed by atoms with E-state index in [-0.39, 0.29) is 24.2 Å². The van der Waals surface area contributed by atoms with Crippen molar-refractivity contribution in [3.05, 3.63) is 0 Å². The van der Waals surface area contributed by atoms with Crippen LogP contribution >= 0.6 is 0 Å². The van der Waals surface area contributed by atoms with E-state index in [0.717, 1.165) is 6.42 Å². The fraction of sp³-hybridized carbons (Fsp3) is 0.840. The first kappa shape index (κ1) is 23.2. The zero-order chi connectivity index (χ0) is 23.6. The van der Waals surface area contributed by atoms with Gasteiger partial charge in [-0.15, -0.1) is 0 Å². The molecular formula is C25H36O7. The van der Waals surface area contributed by atoms with Gasteiger partial charge in [0, 0.05) is 0 Å². The lowest BCUT2D eigenvalue weighted by Gasteiger charge is -2.42. The van der Waals surface area contributed by atoms with Gasteiger partial charge in [0.2, 0.25) is 0 Å². The lowest BCUT2D eigenvalue weighted by Crippen LogP contribution is -2.48. The molecule has 2 saturated carbocycles. The topological polar surface area (TPSA) is 96.0 Å². The first-order valence-corrected chi connectivity index (χ1v) is 12.0. The molecule has 0 radical (unpaired) electrons. The second-order valence-corrected chi connectivity index (χ2v) is 11.3. The zero-order valence-electron chi connectivity index (χ0n) is 20.0. The van der Waals surface area contributed by atoms with Crippen molar-refractivity contribution in [1.82, 2.24) is 0 Å². The Morgan fingerprint density at radius 2 is 1.75 bits per heavy atom. The van der Waals surface area contributed by atoms with Gasteiger partial charge in [0.05, 0.1) is 36.4 Å². The average Bonchev–Trinajstić information content (AvgIpc) is 3.43. The van der Waals surface area contributed by atoms with E-state index in [9.17, 15) is 19.2 Å². The second kappa shape index (κ2) is 7.84. The average molecular weight is 449 g/mol. The maximum Gasteiger partial charge on any atom is 0.318 e. The van der Waals surface area contributed by atoms with Gasteiger partial charge in [-0.05, 0) is 75.0 Å². The van der Waals surface area contributed by atoms with Crippen molar-refractivity contribution in [3.8, 4) is 0 Å². The molecule has 4 aliphatic rings. The fourth-order valence-electron chi connectivity index (χ4n) is 7.57. The third kappa shape index (κ3) is 3.21. The first-order valence-electron chi connectivity index (χ1n) is 12.0. The Morgan fingerprint density at radius 1 is 1.09 bits per heavy atom. The highest BCUT2D eigenvalue weighted by molar-refractivity contribution is 6.00. The molecule has 0 spiro atoms. The van der Waals surface area contributed by atoms with E-state index >= 15 is 0 Å². The van der Waals surface area contributed by atoms with Crippen molar-refractivity contribution in [2.24, 2.45) is 58.2 Å². The summed E-state index contributed by atoms with van der Waals surface area (Å²) in [5.74, 6) is -1.35. The van der Waals surface area contributed by atoms with Crippen LogP contribution in [0.5, 0.6) is 0 Å². The van der Waals surface area contributed by atoms with Crippen molar-refractivity contribution in [2.75, 3.05) is 13.7 Å². The molecule has 32 heavy (non-hydrogen) atoms. The summed E-state index contributed by atoms with van der Waals surface area (Å²) >= 11 is 0. The van der Waals surface area contributed by atoms with Gasteiger partial charge in [0.25, 0.3) is 0 Å². The molecule has 178 valence electrons. The molecule has 7 heteroatoms. The summed E-state index contributed by atoms with van der Waals surface area (Å²) in [6, 6.07) is 0. The first-order chi connectivity index (χ1) is 15.0. The van der Waals surface area contributed by atoms with Crippen molar-refractivity contribution >= 4 is 23.9 Å². The highest BCUT2D eigenvalue weighted by atomic mass is 16.6. The summed E-state index contributed by atoms with van der Waals surface area (Å²) in [5, 5.41) is 0. The maximum atomic E-state index is 13.1. The van der Waals surface area contributed by atoms with Gasteiger partial charge in [-0.25, -0.2) is 0 Å². The molecule has 10 atom stereocenters. The second-order valence-electron chi connectivity index (χ2n) is 11.3. The monoisotopic (exact) mass is 448 g/mol. The number of hydrogen-bond donors (Lipinski definition) is 0. The van der Waals surface area contributed by atoms with Crippen LogP contribution in [-0.4, -0.2) is 37.6 Å². The van der Waals surface area contributed by atoms with Crippen LogP contribution in [0.15, 0.2) is 0 Å². The van der Waals surface area contributed by atoms with Crippen molar-refractivity contribution in [2.45, 2.75) is 60.3 Å². The van der Waals surface area contributed by atoms with E-state index in [0.29, 0.717) is 43.1 Å². The van der Waals surface area contributed by atoms with Gasteiger partial charge < -0.3 is 14.2 Å². The third-order valence-electron chi connectivity index (χ3n) is 9.92. The molecule has 0 aromatic carbocycles. The summed E-state index contributed by atoms with van der Waals surface area (Å²) < 4.78 is 15.5. The highest BCUT2D eigenvalue weighted by Gasteiger charge is 2.65. The van der Waals surface area contributed by atoms with Crippen molar-refractivity contribution in [3.63, 3.8) is 0 Å². The molecule has 10 unspecified atom stereocenters. The summed E-state index contributed by atoms with van der Waals surface area (Å²) in [4.78, 5) is 51.5. The predicted octanol–water partition coefficient (Wildman–Crippen LogP) is 3.39. The minimum absolute atomic E-state index is 0.00571. The highest BCUT2D eigenvalue weighted by Crippen LogP contribution is 2.63. The molecule has 2 bridgehead atoms. The van der Waals surface area contributed by atoms with E-state index in [2.05, 4.69) is 20.8 Å². The van der Waals surface area contributed by atoms with Crippen molar-refractivity contribution in [1.29, 1.82) is 0 Å². The number of ether oxygens (including phenoxy) is 3. The molecule has 7 nitrogen and oxygen atoms in total. The largest absolute Gasteiger partial charge is 0.469 e. The van der Waals surface area contributed by atoms with Gasteiger partial charge in [0.15, 0.2) is 0 Å². The van der Waals surface area contributed by atoms with Gasteiger partial charge in [-0.3, -0.25) is 19.2 Å². The number of esters is 4. The van der Waals surface area contributed by atoms with E-state index in [4.69, 9.17) is 14.2 Å². The molecule has 0 N–H and O–H groups in total. The minimum atomic E-state index is -1.26. The number of hydrogen-bond acceptors (Lipinski definition) is 7. The Kier molecular flexibility index (Phi) is 5.70. The Hall–Kier alpha value is -1.92. The quantitative estimate of drug-likeness (QED) is 0.349. The standard InChI is InChI=1S/C25H36O7/c1-12-13(2)16-11-15(12)14(3)17(16)18-19(21(27)32-20(18)26)25(5,23(29)30-6)8-7-24(4)9-10-31-22(24)28/h12-19H,7-11H2,1-6H3. The number of fused-ring (bicyclic) bond motifs is 2. The number of rotatable bonds is 6. The Morgan fingerprint density at radius 3 is 2.31 bits per heavy atom. The smallest absolute Gasteiger partial charge is 0.318 e. The van der Waals surface area contributed by atoms with Crippen LogP contribution in [0.4, 0.5) is 0 Å². The fourth-order valence-corrected chi connectivity index (χ4v) is 7.57. The summed E-state index contributed by atoms with van der Waals surface area (Å²) in [6.07, 6.45) is 2.24. The Balaban J connectivity index is 1.68. The molecule has 0 aromatic rings. The number of carbonyl (C=O) groups is 4. The summed E-state index contributed by atoms with van der Waals surface area (Å²) in [7, 11) is 1.30. The number of methoxy groups -OCH3 is 1. The molecule has 4 rings (SSSR count). The van der Waals surface area contributed by atoms with Crippen LogP contribution in [0, 0.1) is 58.2 Å². The van der Waals surface area contributed by atoms with Gasteiger partial charge in [-0.1, -0.05) is 20.8 Å². The number of carbonyl (C=O) groups excluding carboxylic acids is 4. The third-order valence-corrected chi connectivity index (χ3v) is 9.92. The van der Waals surface area contributed by atoms with Gasteiger partial charge in [0.1, 0.15) is 0 Å². The SMILES string of the molecule is COC(=O)C(C)(CCC1(C)CCOC1=O)C1C(=O)OC(=O)C1C1C(C)C2CC1C(C)C2C. The molecule has 0 aromatic heterocycles. The lowest BCUT2D eigenvalue weighted by molar-refractivity contribution is -0.165. The molecule has 2 aliphatic carbocycles. The molecule has 2 heterocycles. The van der Waals surface area contributed by atoms with Crippen LogP contribution in [0.25, 0.3) is 0 Å². The Bertz CT molecular complexity index is 836. The van der Waals surface area contributed by atoms with Gasteiger partial charge >= 0.3 is 23.9 Å². The number of cyclic esters (lactones) is 3. The van der Waals surface area contributed by atoms with Gasteiger partial charge in [-0.2, -0.15) is 0 Å². The maximum absolute atomic E-state index is 13.1. The van der Waals surface area contributed by atoms with E-state index in [1.54, 1.807) is 6.92 Å². The van der Waals surface area contributed by atoms with Crippen LogP contribution in [-0.2, 0) is 33.4 Å². The van der Waals surface area contributed by atoms with E-state index in [1.807, 2.05) is 6.92 Å². The molecule has 2 aliphatic heterocycles. The lowest BCUT2D eigenvalue weighted by atomic mass is 9.58. The van der Waals surface area contributed by atoms with E-state index < -0.39 is 40.6 Å². The molecule has 0 amide bonds. The molecule has 4 fully saturated rings.